The van der Waals surface area contributed by atoms with Gasteiger partial charge in [-0.1, -0.05) is 6.92 Å². The van der Waals surface area contributed by atoms with Crippen LogP contribution in [0.25, 0.3) is 33.2 Å². The number of hydrogen-bond donors (Lipinski definition) is 0. The molecule has 35 heavy (non-hydrogen) atoms. The monoisotopic (exact) mass is 487 g/mol. The highest BCUT2D eigenvalue weighted by molar-refractivity contribution is 7.16. The lowest BCUT2D eigenvalue weighted by Crippen LogP contribution is -2.14. The Kier molecular flexibility index (Phi) is 6.46. The highest BCUT2D eigenvalue weighted by atomic mass is 32.1. The van der Waals surface area contributed by atoms with Crippen LogP contribution in [0.5, 0.6) is 11.5 Å². The summed E-state index contributed by atoms with van der Waals surface area (Å²) in [6, 6.07) is 11.3. The van der Waals surface area contributed by atoms with Gasteiger partial charge in [-0.25, -0.2) is 9.78 Å². The first-order valence-electron chi connectivity index (χ1n) is 11.6. The molecule has 5 rings (SSSR count). The Morgan fingerprint density at radius 2 is 1.74 bits per heavy atom. The number of thiophene rings is 1. The van der Waals surface area contributed by atoms with E-state index in [4.69, 9.17) is 19.2 Å². The number of nitrogens with zero attached hydrogens (tertiary/aromatic N) is 3. The standard InChI is InChI=1S/C27H25N3O4S/c1-4-17-8-9-28-21(12-17)23-14-19(27(31)32-5-2)13-22(30-23)20-7-6-18(15-29-20)26-25-24(16(3)35-26)33-10-11-34-25/h6-9,12-15H,4-5,10-11H2,1-3H3. The topological polar surface area (TPSA) is 83.4 Å². The fraction of sp³-hybridized carbons (Fsp3) is 0.259. The molecule has 4 aromatic rings. The highest BCUT2D eigenvalue weighted by Gasteiger charge is 2.23. The second-order valence-corrected chi connectivity index (χ2v) is 9.25. The molecule has 1 aliphatic heterocycles. The van der Waals surface area contributed by atoms with Gasteiger partial charge in [0.15, 0.2) is 11.5 Å². The molecule has 0 saturated carbocycles. The maximum atomic E-state index is 12.6. The lowest BCUT2D eigenvalue weighted by Gasteiger charge is -2.16. The zero-order valence-electron chi connectivity index (χ0n) is 19.8. The van der Waals surface area contributed by atoms with Gasteiger partial charge in [0, 0.05) is 22.8 Å². The molecule has 0 amide bonds. The third kappa shape index (κ3) is 4.61. The smallest absolute Gasteiger partial charge is 0.338 e. The predicted octanol–water partition coefficient (Wildman–Crippen LogP) is 5.75. The summed E-state index contributed by atoms with van der Waals surface area (Å²) < 4.78 is 16.9. The van der Waals surface area contributed by atoms with Crippen molar-refractivity contribution in [2.24, 2.45) is 0 Å². The minimum absolute atomic E-state index is 0.290. The molecule has 0 saturated heterocycles. The van der Waals surface area contributed by atoms with Crippen LogP contribution in [0.2, 0.25) is 0 Å². The Hall–Kier alpha value is -3.78. The molecule has 0 spiro atoms. The Bertz CT molecular complexity index is 1380. The molecule has 0 aromatic carbocycles. The summed E-state index contributed by atoms with van der Waals surface area (Å²) in [5, 5.41) is 0. The average Bonchev–Trinajstić information content (AvgIpc) is 3.25. The van der Waals surface area contributed by atoms with Crippen molar-refractivity contribution in [1.29, 1.82) is 0 Å². The van der Waals surface area contributed by atoms with Crippen LogP contribution >= 0.6 is 11.3 Å². The van der Waals surface area contributed by atoms with Crippen molar-refractivity contribution in [2.75, 3.05) is 19.8 Å². The first kappa shape index (κ1) is 23.0. The van der Waals surface area contributed by atoms with E-state index in [1.165, 1.54) is 0 Å². The lowest BCUT2D eigenvalue weighted by atomic mass is 10.1. The van der Waals surface area contributed by atoms with Crippen molar-refractivity contribution in [3.8, 4) is 44.7 Å². The quantitative estimate of drug-likeness (QED) is 0.320. The largest absolute Gasteiger partial charge is 0.485 e. The van der Waals surface area contributed by atoms with E-state index in [0.717, 1.165) is 38.8 Å². The highest BCUT2D eigenvalue weighted by Crippen LogP contribution is 2.48. The minimum atomic E-state index is -0.404. The van der Waals surface area contributed by atoms with E-state index < -0.39 is 5.97 Å². The number of fused-ring (bicyclic) bond motifs is 1. The van der Waals surface area contributed by atoms with Crippen molar-refractivity contribution < 1.29 is 19.0 Å². The third-order valence-corrected chi connectivity index (χ3v) is 6.80. The van der Waals surface area contributed by atoms with Gasteiger partial charge in [-0.2, -0.15) is 0 Å². The molecule has 1 aliphatic rings. The van der Waals surface area contributed by atoms with Gasteiger partial charge in [0.2, 0.25) is 0 Å². The number of ether oxygens (including phenoxy) is 3. The van der Waals surface area contributed by atoms with Crippen LogP contribution in [0.3, 0.4) is 0 Å². The molecule has 0 bridgehead atoms. The maximum Gasteiger partial charge on any atom is 0.338 e. The maximum absolute atomic E-state index is 12.6. The number of rotatable bonds is 6. The summed E-state index contributed by atoms with van der Waals surface area (Å²) in [4.78, 5) is 28.6. The van der Waals surface area contributed by atoms with Crippen LogP contribution in [0.15, 0.2) is 48.8 Å². The van der Waals surface area contributed by atoms with Crippen molar-refractivity contribution >= 4 is 17.3 Å². The lowest BCUT2D eigenvalue weighted by molar-refractivity contribution is 0.0526. The normalized spacial score (nSPS) is 12.4. The van der Waals surface area contributed by atoms with E-state index >= 15 is 0 Å². The number of carbonyl (C=O) groups is 1. The van der Waals surface area contributed by atoms with Gasteiger partial charge in [0.1, 0.15) is 13.2 Å². The first-order valence-corrected chi connectivity index (χ1v) is 12.4. The van der Waals surface area contributed by atoms with E-state index in [-0.39, 0.29) is 0 Å². The van der Waals surface area contributed by atoms with Gasteiger partial charge >= 0.3 is 5.97 Å². The van der Waals surface area contributed by atoms with Gasteiger partial charge in [0.25, 0.3) is 0 Å². The SMILES string of the molecule is CCOC(=O)c1cc(-c2ccc(-c3sc(C)c4c3OCCO4)cn2)nc(-c2cc(CC)ccn2)c1. The third-order valence-electron chi connectivity index (χ3n) is 5.68. The number of hydrogen-bond acceptors (Lipinski definition) is 8. The van der Waals surface area contributed by atoms with Crippen LogP contribution in [-0.2, 0) is 11.2 Å². The molecule has 178 valence electrons. The summed E-state index contributed by atoms with van der Waals surface area (Å²) in [5.74, 6) is 1.19. The molecule has 0 N–H and O–H groups in total. The fourth-order valence-corrected chi connectivity index (χ4v) is 4.96. The number of carbonyl (C=O) groups excluding carboxylic acids is 1. The van der Waals surface area contributed by atoms with Gasteiger partial charge in [-0.15, -0.1) is 11.3 Å². The summed E-state index contributed by atoms with van der Waals surface area (Å²) in [6.45, 7) is 7.27. The van der Waals surface area contributed by atoms with Crippen LogP contribution in [0, 0.1) is 6.92 Å². The zero-order valence-corrected chi connectivity index (χ0v) is 20.6. The fourth-order valence-electron chi connectivity index (χ4n) is 3.92. The van der Waals surface area contributed by atoms with Crippen LogP contribution in [0.1, 0.15) is 34.6 Å². The molecule has 0 radical (unpaired) electrons. The molecule has 0 unspecified atom stereocenters. The number of esters is 1. The average molecular weight is 488 g/mol. The zero-order chi connectivity index (χ0) is 24.4. The Morgan fingerprint density at radius 1 is 0.971 bits per heavy atom. The molecule has 4 aromatic heterocycles. The summed E-state index contributed by atoms with van der Waals surface area (Å²) in [6.07, 6.45) is 4.44. The second-order valence-electron chi connectivity index (χ2n) is 8.02. The number of pyridine rings is 3. The number of aryl methyl sites for hydroxylation is 2. The molecule has 0 fully saturated rings. The van der Waals surface area contributed by atoms with E-state index in [2.05, 4.69) is 16.9 Å². The van der Waals surface area contributed by atoms with Crippen molar-refractivity contribution in [3.63, 3.8) is 0 Å². The summed E-state index contributed by atoms with van der Waals surface area (Å²) >= 11 is 1.62. The Labute approximate surface area is 207 Å². The van der Waals surface area contributed by atoms with E-state index in [9.17, 15) is 4.79 Å². The molecule has 8 heteroatoms. The molecule has 5 heterocycles. The minimum Gasteiger partial charge on any atom is -0.485 e. The van der Waals surface area contributed by atoms with Crippen LogP contribution in [-0.4, -0.2) is 40.7 Å². The van der Waals surface area contributed by atoms with Gasteiger partial charge in [-0.3, -0.25) is 9.97 Å². The Morgan fingerprint density at radius 3 is 2.46 bits per heavy atom. The predicted molar refractivity (Wildman–Crippen MR) is 135 cm³/mol. The van der Waals surface area contributed by atoms with Crippen molar-refractivity contribution in [2.45, 2.75) is 27.2 Å². The van der Waals surface area contributed by atoms with Crippen molar-refractivity contribution in [3.05, 3.63) is 64.8 Å². The first-order chi connectivity index (χ1) is 17.1. The van der Waals surface area contributed by atoms with Crippen LogP contribution in [0.4, 0.5) is 0 Å². The van der Waals surface area contributed by atoms with E-state index in [0.29, 0.717) is 48.2 Å². The van der Waals surface area contributed by atoms with E-state index in [1.807, 2.05) is 31.2 Å². The van der Waals surface area contributed by atoms with Crippen molar-refractivity contribution in [1.82, 2.24) is 15.0 Å². The van der Waals surface area contributed by atoms with Gasteiger partial charge < -0.3 is 14.2 Å². The molecule has 0 aliphatic carbocycles. The molecular formula is C27H25N3O4S. The number of aromatic nitrogens is 3. The molecule has 7 nitrogen and oxygen atoms in total. The summed E-state index contributed by atoms with van der Waals surface area (Å²) in [5.41, 5.74) is 5.01. The second kappa shape index (κ2) is 9.84. The molecular weight excluding hydrogens is 462 g/mol. The van der Waals surface area contributed by atoms with Gasteiger partial charge in [-0.05, 0) is 62.2 Å². The van der Waals surface area contributed by atoms with Gasteiger partial charge in [0.05, 0.1) is 39.8 Å². The van der Waals surface area contributed by atoms with Crippen LogP contribution < -0.4 is 9.47 Å². The Balaban J connectivity index is 1.55. The molecule has 0 atom stereocenters. The van der Waals surface area contributed by atoms with E-state index in [1.54, 1.807) is 42.8 Å². The summed E-state index contributed by atoms with van der Waals surface area (Å²) in [7, 11) is 0.